The molecule has 0 amide bonds. The molecule has 1 fully saturated rings. The molecular formula is C14H15Cl2NO3S. The van der Waals surface area contributed by atoms with Gasteiger partial charge >= 0.3 is 0 Å². The van der Waals surface area contributed by atoms with E-state index in [1.165, 1.54) is 25.0 Å². The Balaban J connectivity index is 2.20. The lowest BCUT2D eigenvalue weighted by Crippen LogP contribution is -2.25. The molecule has 1 aliphatic carbocycles. The summed E-state index contributed by atoms with van der Waals surface area (Å²) in [6, 6.07) is 2.84. The van der Waals surface area contributed by atoms with E-state index in [2.05, 4.69) is 16.6 Å². The van der Waals surface area contributed by atoms with E-state index in [0.717, 1.165) is 6.42 Å². The summed E-state index contributed by atoms with van der Waals surface area (Å²) in [5.74, 6) is 5.73. The third-order valence-electron chi connectivity index (χ3n) is 3.12. The van der Waals surface area contributed by atoms with Crippen molar-refractivity contribution in [1.29, 1.82) is 0 Å². The quantitative estimate of drug-likeness (QED) is 0.803. The zero-order valence-corrected chi connectivity index (χ0v) is 13.5. The molecular weight excluding hydrogens is 333 g/mol. The van der Waals surface area contributed by atoms with E-state index in [1.807, 2.05) is 0 Å². The van der Waals surface area contributed by atoms with Crippen molar-refractivity contribution in [3.63, 3.8) is 0 Å². The summed E-state index contributed by atoms with van der Waals surface area (Å²) in [6.45, 7) is 0.0870. The molecule has 0 heterocycles. The molecule has 0 aromatic heterocycles. The summed E-state index contributed by atoms with van der Waals surface area (Å²) < 4.78 is 27.0. The highest BCUT2D eigenvalue weighted by Gasteiger charge is 2.25. The van der Waals surface area contributed by atoms with Crippen LogP contribution in [0.1, 0.15) is 24.8 Å². The van der Waals surface area contributed by atoms with Crippen LogP contribution in [0.25, 0.3) is 0 Å². The van der Waals surface area contributed by atoms with Crippen molar-refractivity contribution in [1.82, 2.24) is 4.72 Å². The molecule has 0 atom stereocenters. The number of rotatable bonds is 5. The Bertz CT molecular complexity index is 665. The van der Waals surface area contributed by atoms with E-state index in [-0.39, 0.29) is 21.5 Å². The summed E-state index contributed by atoms with van der Waals surface area (Å²) in [5, 5.41) is 8.69. The van der Waals surface area contributed by atoms with Crippen molar-refractivity contribution in [2.24, 2.45) is 5.92 Å². The van der Waals surface area contributed by atoms with Gasteiger partial charge in [0.05, 0.1) is 10.0 Å². The molecule has 1 aliphatic rings. The van der Waals surface area contributed by atoms with Gasteiger partial charge in [-0.25, -0.2) is 13.1 Å². The number of sulfonamides is 1. The molecule has 114 valence electrons. The van der Waals surface area contributed by atoms with E-state index in [1.54, 1.807) is 0 Å². The van der Waals surface area contributed by atoms with Crippen molar-refractivity contribution < 1.29 is 13.5 Å². The predicted molar refractivity (Wildman–Crippen MR) is 83.0 cm³/mol. The van der Waals surface area contributed by atoms with Gasteiger partial charge in [0.15, 0.2) is 0 Å². The molecule has 2 rings (SSSR count). The molecule has 2 N–H and O–H groups in total. The Hall–Kier alpha value is -0.770. The highest BCUT2D eigenvalue weighted by Crippen LogP contribution is 2.33. The topological polar surface area (TPSA) is 66.4 Å². The van der Waals surface area contributed by atoms with Crippen LogP contribution in [0, 0.1) is 17.8 Å². The van der Waals surface area contributed by atoms with Gasteiger partial charge in [-0.1, -0.05) is 47.9 Å². The van der Waals surface area contributed by atoms with E-state index in [9.17, 15) is 8.42 Å². The smallest absolute Gasteiger partial charge is 0.243 e. The van der Waals surface area contributed by atoms with Crippen LogP contribution in [0.15, 0.2) is 17.0 Å². The van der Waals surface area contributed by atoms with Gasteiger partial charge in [-0.3, -0.25) is 0 Å². The van der Waals surface area contributed by atoms with Gasteiger partial charge in [0, 0.05) is 12.1 Å². The normalized spacial score (nSPS) is 14.6. The fourth-order valence-corrected chi connectivity index (χ4v) is 4.17. The summed E-state index contributed by atoms with van der Waals surface area (Å²) >= 11 is 12.0. The largest absolute Gasteiger partial charge is 0.384 e. The monoisotopic (exact) mass is 347 g/mol. The van der Waals surface area contributed by atoms with Crippen molar-refractivity contribution in [2.45, 2.75) is 24.2 Å². The molecule has 4 nitrogen and oxygen atoms in total. The molecule has 0 spiro atoms. The number of halogens is 2. The average Bonchev–Trinajstić information content (AvgIpc) is 3.19. The van der Waals surface area contributed by atoms with Crippen LogP contribution in [-0.2, 0) is 10.0 Å². The van der Waals surface area contributed by atoms with Crippen LogP contribution in [0.4, 0.5) is 0 Å². The van der Waals surface area contributed by atoms with Gasteiger partial charge in [0.2, 0.25) is 10.0 Å². The molecule has 1 aromatic carbocycles. The van der Waals surface area contributed by atoms with Crippen molar-refractivity contribution in [2.75, 3.05) is 13.2 Å². The Morgan fingerprint density at radius 1 is 1.29 bits per heavy atom. The maximum Gasteiger partial charge on any atom is 0.243 e. The standard InChI is InChI=1S/C14H15Cl2NO3S/c15-12-8-11(2-1-7-18)9-13(16)14(12)21(19,20)17-6-5-10-3-4-10/h8-10,17-18H,3-7H2. The minimum atomic E-state index is -3.74. The molecule has 1 aromatic rings. The fraction of sp³-hybridized carbons (Fsp3) is 0.429. The first-order valence-electron chi connectivity index (χ1n) is 6.52. The Labute approximate surface area is 134 Å². The molecule has 1 saturated carbocycles. The molecule has 0 radical (unpaired) electrons. The lowest BCUT2D eigenvalue weighted by molar-refractivity contribution is 0.350. The lowest BCUT2D eigenvalue weighted by atomic mass is 10.2. The third kappa shape index (κ3) is 4.60. The highest BCUT2D eigenvalue weighted by atomic mass is 35.5. The van der Waals surface area contributed by atoms with Gasteiger partial charge < -0.3 is 5.11 Å². The number of benzene rings is 1. The van der Waals surface area contributed by atoms with E-state index >= 15 is 0 Å². The second-order valence-electron chi connectivity index (χ2n) is 4.86. The predicted octanol–water partition coefficient (Wildman–Crippen LogP) is 2.42. The fourth-order valence-electron chi connectivity index (χ4n) is 1.91. The van der Waals surface area contributed by atoms with E-state index < -0.39 is 10.0 Å². The number of hydrogen-bond acceptors (Lipinski definition) is 3. The Morgan fingerprint density at radius 3 is 2.43 bits per heavy atom. The first-order chi connectivity index (χ1) is 9.94. The molecule has 0 saturated heterocycles. The second kappa shape index (κ2) is 6.99. The zero-order chi connectivity index (χ0) is 15.5. The van der Waals surface area contributed by atoms with Gasteiger partial charge in [0.1, 0.15) is 11.5 Å². The Morgan fingerprint density at radius 2 is 1.90 bits per heavy atom. The van der Waals surface area contributed by atoms with Gasteiger partial charge in [-0.15, -0.1) is 0 Å². The number of aliphatic hydroxyl groups excluding tert-OH is 1. The molecule has 0 aliphatic heterocycles. The highest BCUT2D eigenvalue weighted by molar-refractivity contribution is 7.89. The molecule has 7 heteroatoms. The molecule has 21 heavy (non-hydrogen) atoms. The minimum Gasteiger partial charge on any atom is -0.384 e. The molecule has 0 unspecified atom stereocenters. The van der Waals surface area contributed by atoms with Crippen LogP contribution in [0.5, 0.6) is 0 Å². The first kappa shape index (κ1) is 16.6. The van der Waals surface area contributed by atoms with E-state index in [4.69, 9.17) is 28.3 Å². The second-order valence-corrected chi connectivity index (χ2v) is 7.38. The SMILES string of the molecule is O=S(=O)(NCCC1CC1)c1c(Cl)cc(C#CCO)cc1Cl. The minimum absolute atomic E-state index is 0.0173. The summed E-state index contributed by atoms with van der Waals surface area (Å²) in [7, 11) is -3.74. The first-order valence-corrected chi connectivity index (χ1v) is 8.76. The zero-order valence-electron chi connectivity index (χ0n) is 11.2. The van der Waals surface area contributed by atoms with Crippen molar-refractivity contribution in [3.8, 4) is 11.8 Å². The van der Waals surface area contributed by atoms with Crippen LogP contribution in [-0.4, -0.2) is 26.7 Å². The van der Waals surface area contributed by atoms with Crippen molar-refractivity contribution >= 4 is 33.2 Å². The summed E-state index contributed by atoms with van der Waals surface area (Å²) in [6.07, 6.45) is 3.16. The average molecular weight is 348 g/mol. The van der Waals surface area contributed by atoms with Crippen LogP contribution in [0.2, 0.25) is 10.0 Å². The summed E-state index contributed by atoms with van der Waals surface area (Å²) in [4.78, 5) is -0.129. The van der Waals surface area contributed by atoms with Crippen LogP contribution in [0.3, 0.4) is 0 Å². The van der Waals surface area contributed by atoms with Crippen LogP contribution >= 0.6 is 23.2 Å². The number of aliphatic hydroxyl groups is 1. The van der Waals surface area contributed by atoms with Crippen LogP contribution < -0.4 is 4.72 Å². The maximum absolute atomic E-state index is 12.2. The van der Waals surface area contributed by atoms with E-state index in [0.29, 0.717) is 18.0 Å². The number of nitrogens with one attached hydrogen (secondary N) is 1. The van der Waals surface area contributed by atoms with Gasteiger partial charge in [0.25, 0.3) is 0 Å². The Kier molecular flexibility index (Phi) is 5.53. The number of hydrogen-bond donors (Lipinski definition) is 2. The molecule has 0 bridgehead atoms. The van der Waals surface area contributed by atoms with Crippen molar-refractivity contribution in [3.05, 3.63) is 27.7 Å². The third-order valence-corrected chi connectivity index (χ3v) is 5.50. The summed E-state index contributed by atoms with van der Waals surface area (Å²) in [5.41, 5.74) is 0.455. The maximum atomic E-state index is 12.2. The van der Waals surface area contributed by atoms with Gasteiger partial charge in [-0.2, -0.15) is 0 Å². The lowest BCUT2D eigenvalue weighted by Gasteiger charge is -2.10. The van der Waals surface area contributed by atoms with Gasteiger partial charge in [-0.05, 0) is 24.5 Å².